The maximum Gasteiger partial charge on any atom is 0.338 e. The van der Waals surface area contributed by atoms with Crippen LogP contribution in [-0.2, 0) is 20.7 Å². The van der Waals surface area contributed by atoms with Gasteiger partial charge in [0.25, 0.3) is 11.8 Å². The fraction of sp³-hybridized carbons (Fsp3) is 0.200. The Kier molecular flexibility index (Phi) is 14.5. The van der Waals surface area contributed by atoms with Crippen LogP contribution >= 0.6 is 22.7 Å². The van der Waals surface area contributed by atoms with Crippen LogP contribution in [0.15, 0.2) is 84.9 Å². The Hall–Kier alpha value is -6.60. The average molecular weight is 907 g/mol. The predicted octanol–water partition coefficient (Wildman–Crippen LogP) is 9.49. The van der Waals surface area contributed by atoms with Crippen molar-refractivity contribution < 1.29 is 56.4 Å². The number of anilines is 4. The molecular formula is C45H42F4N4O8S2. The number of primary amides is 2. The molecule has 0 fully saturated rings. The summed E-state index contributed by atoms with van der Waals surface area (Å²) >= 11 is 1.90. The second-order valence-corrected chi connectivity index (χ2v) is 16.9. The minimum Gasteiger partial charge on any atom is -0.465 e. The van der Waals surface area contributed by atoms with Gasteiger partial charge in [-0.1, -0.05) is 0 Å². The maximum atomic E-state index is 14.8. The number of nitrogens with one attached hydrogen (secondary N) is 2. The van der Waals surface area contributed by atoms with Crippen molar-refractivity contribution in [3.63, 3.8) is 0 Å². The van der Waals surface area contributed by atoms with Crippen molar-refractivity contribution in [2.24, 2.45) is 11.5 Å². The molecule has 330 valence electrons. The molecule has 8 N–H and O–H groups in total. The zero-order valence-corrected chi connectivity index (χ0v) is 36.2. The molecule has 0 saturated carbocycles. The molecule has 0 atom stereocenters. The highest BCUT2D eigenvalue weighted by Gasteiger charge is 2.26. The first-order chi connectivity index (χ1) is 29.5. The number of aliphatic hydroxyl groups is 2. The number of halogens is 4. The molecule has 18 heteroatoms. The topological polar surface area (TPSA) is 203 Å². The number of ether oxygens (including phenoxy) is 2. The zero-order chi connectivity index (χ0) is 46.6. The predicted molar refractivity (Wildman–Crippen MR) is 234 cm³/mol. The summed E-state index contributed by atoms with van der Waals surface area (Å²) in [7, 11) is 1.27. The smallest absolute Gasteiger partial charge is 0.338 e. The molecule has 0 unspecified atom stereocenters. The number of carbonyl (C=O) groups is 4. The molecule has 0 aliphatic rings. The van der Waals surface area contributed by atoms with Crippen molar-refractivity contribution in [2.75, 3.05) is 24.4 Å². The third-order valence-corrected chi connectivity index (χ3v) is 11.3. The minimum absolute atomic E-state index is 0.0578. The lowest BCUT2D eigenvalue weighted by atomic mass is 9.96. The van der Waals surface area contributed by atoms with Gasteiger partial charge in [0, 0.05) is 21.1 Å². The van der Waals surface area contributed by atoms with Crippen LogP contribution in [0.3, 0.4) is 0 Å². The largest absolute Gasteiger partial charge is 0.465 e. The fourth-order valence-corrected chi connectivity index (χ4v) is 8.14. The lowest BCUT2D eigenvalue weighted by Gasteiger charge is -2.18. The monoisotopic (exact) mass is 906 g/mol. The van der Waals surface area contributed by atoms with Crippen LogP contribution < -0.4 is 22.1 Å². The van der Waals surface area contributed by atoms with Gasteiger partial charge in [0.05, 0.1) is 58.3 Å². The van der Waals surface area contributed by atoms with Gasteiger partial charge in [-0.05, 0) is 131 Å². The van der Waals surface area contributed by atoms with Crippen LogP contribution in [0.5, 0.6) is 0 Å². The summed E-state index contributed by atoms with van der Waals surface area (Å²) in [5.74, 6) is -5.99. The second-order valence-electron chi connectivity index (χ2n) is 14.8. The molecule has 2 aromatic heterocycles. The number of hydrogen-bond donors (Lipinski definition) is 6. The molecule has 0 spiro atoms. The summed E-state index contributed by atoms with van der Waals surface area (Å²) in [5, 5.41) is 26.6. The Morgan fingerprint density at radius 1 is 0.603 bits per heavy atom. The molecule has 12 nitrogen and oxygen atoms in total. The van der Waals surface area contributed by atoms with E-state index in [0.29, 0.717) is 32.5 Å². The van der Waals surface area contributed by atoms with Gasteiger partial charge in [0.1, 0.15) is 33.3 Å². The van der Waals surface area contributed by atoms with Crippen LogP contribution in [-0.4, -0.2) is 47.7 Å². The van der Waals surface area contributed by atoms with Crippen LogP contribution in [0.1, 0.15) is 87.2 Å². The van der Waals surface area contributed by atoms with E-state index in [9.17, 15) is 47.0 Å². The van der Waals surface area contributed by atoms with Gasteiger partial charge in [-0.15, -0.1) is 22.7 Å². The van der Waals surface area contributed by atoms with E-state index in [0.717, 1.165) is 46.9 Å². The number of hydrogen-bond acceptors (Lipinski definition) is 12. The molecule has 0 radical (unpaired) electrons. The number of carbonyl (C=O) groups excluding carboxylic acids is 4. The highest BCUT2D eigenvalue weighted by Crippen LogP contribution is 2.42. The highest BCUT2D eigenvalue weighted by molar-refractivity contribution is 7.20. The minimum atomic E-state index is -1.42. The first-order valence-electron chi connectivity index (χ1n) is 18.8. The molecule has 63 heavy (non-hydrogen) atoms. The first-order valence-corrected chi connectivity index (χ1v) is 20.5. The molecule has 4 aromatic carbocycles. The van der Waals surface area contributed by atoms with Crippen molar-refractivity contribution in [3.05, 3.63) is 142 Å². The fourth-order valence-electron chi connectivity index (χ4n) is 5.88. The molecule has 0 saturated heterocycles. The van der Waals surface area contributed by atoms with Crippen molar-refractivity contribution >= 4 is 67.8 Å². The van der Waals surface area contributed by atoms with Gasteiger partial charge < -0.3 is 41.8 Å². The Labute approximate surface area is 367 Å². The number of nitrogens with two attached hydrogens (primary N) is 2. The molecular weight excluding hydrogens is 865 g/mol. The van der Waals surface area contributed by atoms with Gasteiger partial charge >= 0.3 is 11.9 Å². The van der Waals surface area contributed by atoms with Crippen molar-refractivity contribution in [1.29, 1.82) is 0 Å². The quantitative estimate of drug-likeness (QED) is 0.0479. The Balaban J connectivity index is 0.000000238. The van der Waals surface area contributed by atoms with E-state index in [1.54, 1.807) is 43.3 Å². The third-order valence-electron chi connectivity index (χ3n) is 9.20. The molecule has 6 aromatic rings. The van der Waals surface area contributed by atoms with Gasteiger partial charge in [0.15, 0.2) is 0 Å². The van der Waals surface area contributed by atoms with Crippen molar-refractivity contribution in [1.82, 2.24) is 0 Å². The van der Waals surface area contributed by atoms with Crippen LogP contribution in [0.4, 0.5) is 38.9 Å². The lowest BCUT2D eigenvalue weighted by Crippen LogP contribution is -2.16. The van der Waals surface area contributed by atoms with E-state index < -0.39 is 58.2 Å². The summed E-state index contributed by atoms with van der Waals surface area (Å²) in [6, 6.07) is 19.4. The van der Waals surface area contributed by atoms with E-state index >= 15 is 0 Å². The maximum absolute atomic E-state index is 14.8. The highest BCUT2D eigenvalue weighted by atomic mass is 32.1. The molecule has 2 heterocycles. The molecule has 0 bridgehead atoms. The first kappa shape index (κ1) is 47.4. The van der Waals surface area contributed by atoms with E-state index in [2.05, 4.69) is 15.4 Å². The molecule has 6 rings (SSSR count). The average Bonchev–Trinajstić information content (AvgIpc) is 3.81. The van der Waals surface area contributed by atoms with E-state index in [1.807, 2.05) is 0 Å². The third kappa shape index (κ3) is 11.3. The van der Waals surface area contributed by atoms with Gasteiger partial charge in [0.2, 0.25) is 0 Å². The Morgan fingerprint density at radius 2 is 0.937 bits per heavy atom. The zero-order valence-electron chi connectivity index (χ0n) is 34.6. The van der Waals surface area contributed by atoms with Crippen LogP contribution in [0.25, 0.3) is 20.9 Å². The van der Waals surface area contributed by atoms with Crippen LogP contribution in [0.2, 0.25) is 0 Å². The summed E-state index contributed by atoms with van der Waals surface area (Å²) in [5.41, 5.74) is 9.47. The van der Waals surface area contributed by atoms with E-state index in [1.165, 1.54) is 59.1 Å². The number of methoxy groups -OCH3 is 1. The molecule has 0 aliphatic heterocycles. The van der Waals surface area contributed by atoms with Crippen LogP contribution in [0, 0.1) is 23.3 Å². The van der Waals surface area contributed by atoms with Gasteiger partial charge in [-0.3, -0.25) is 9.59 Å². The lowest BCUT2D eigenvalue weighted by molar-refractivity contribution is 0.0524. The van der Waals surface area contributed by atoms with Gasteiger partial charge in [-0.2, -0.15) is 0 Å². The normalized spacial score (nSPS) is 11.3. The van der Waals surface area contributed by atoms with Crippen molar-refractivity contribution in [2.45, 2.75) is 45.8 Å². The molecule has 2 amide bonds. The summed E-state index contributed by atoms with van der Waals surface area (Å²) in [6.45, 7) is 7.65. The number of thiophene rings is 2. The summed E-state index contributed by atoms with van der Waals surface area (Å²) < 4.78 is 68.5. The van der Waals surface area contributed by atoms with E-state index in [4.69, 9.17) is 16.2 Å². The number of amides is 2. The SMILES string of the molecule is CCOC(=O)c1ccc(Nc2sc(-c3c(F)cc(C(C)(C)O)cc3F)cc2C(N)=O)cc1.COC(=O)c1ccc(Nc2sc(-c3c(F)cc(C(C)(C)O)cc3F)cc2C(N)=O)cc1. The second kappa shape index (κ2) is 19.2. The summed E-state index contributed by atoms with van der Waals surface area (Å²) in [4.78, 5) is 47.5. The molecule has 0 aliphatic carbocycles. The number of rotatable bonds is 13. The van der Waals surface area contributed by atoms with Crippen molar-refractivity contribution in [3.8, 4) is 20.9 Å². The number of benzene rings is 4. The van der Waals surface area contributed by atoms with E-state index in [-0.39, 0.29) is 49.7 Å². The number of esters is 2. The van der Waals surface area contributed by atoms with Gasteiger partial charge in [-0.25, -0.2) is 27.2 Å². The Morgan fingerprint density at radius 3 is 1.22 bits per heavy atom. The summed E-state index contributed by atoms with van der Waals surface area (Å²) in [6.07, 6.45) is 0. The Bertz CT molecular complexity index is 2640. The standard InChI is InChI=1S/C23H22F2N2O4S.C22H20F2N2O4S/c1-4-31-22(29)12-5-7-14(8-6-12)27-21-15(20(26)28)11-18(32-21)19-16(24)9-13(10-17(19)25)23(2,3)30;1-22(2,29)12-8-15(23)18(16(24)9-12)17-10-14(19(25)27)20(31-17)26-13-6-4-11(5-7-13)21(28)30-3/h5-11,27,30H,4H2,1-3H3,(H2,26,28);4-10,26,29H,1-3H3,(H2,25,27).